The van der Waals surface area contributed by atoms with Gasteiger partial charge in [0, 0.05) is 17.2 Å². The molecule has 0 radical (unpaired) electrons. The van der Waals surface area contributed by atoms with Gasteiger partial charge in [-0.25, -0.2) is 0 Å². The molecule has 1 aromatic carbocycles. The molecule has 8 nitrogen and oxygen atoms in total. The van der Waals surface area contributed by atoms with Crippen LogP contribution >= 0.6 is 0 Å². The van der Waals surface area contributed by atoms with Crippen molar-refractivity contribution in [3.8, 4) is 0 Å². The van der Waals surface area contributed by atoms with Crippen LogP contribution in [0.4, 0.5) is 17.1 Å². The molecule has 8 heteroatoms. The lowest BCUT2D eigenvalue weighted by atomic mass is 9.91. The van der Waals surface area contributed by atoms with E-state index in [4.69, 9.17) is 0 Å². The molecular formula is C12H16N4O4. The highest BCUT2D eigenvalue weighted by Crippen LogP contribution is 2.29. The van der Waals surface area contributed by atoms with E-state index in [0.717, 1.165) is 11.8 Å². The molecule has 0 aromatic heterocycles. The van der Waals surface area contributed by atoms with Crippen molar-refractivity contribution in [1.82, 2.24) is 0 Å². The lowest BCUT2D eigenvalue weighted by Crippen LogP contribution is -2.18. The number of hydrazone groups is 1. The minimum Gasteiger partial charge on any atom is -0.272 e. The zero-order valence-corrected chi connectivity index (χ0v) is 11.7. The number of nitrogens with one attached hydrogen (secondary N) is 1. The number of benzene rings is 1. The topological polar surface area (TPSA) is 111 Å². The molecule has 0 heterocycles. The highest BCUT2D eigenvalue weighted by atomic mass is 16.6. The van der Waals surface area contributed by atoms with Crippen molar-refractivity contribution in [1.29, 1.82) is 0 Å². The summed E-state index contributed by atoms with van der Waals surface area (Å²) in [5, 5.41) is 25.6. The Morgan fingerprint density at radius 3 is 2.25 bits per heavy atom. The maximum atomic E-state index is 10.9. The van der Waals surface area contributed by atoms with Crippen LogP contribution in [0.3, 0.4) is 0 Å². The lowest BCUT2D eigenvalue weighted by molar-refractivity contribution is -0.393. The van der Waals surface area contributed by atoms with Gasteiger partial charge in [-0.1, -0.05) is 20.8 Å². The molecule has 1 rings (SSSR count). The van der Waals surface area contributed by atoms with E-state index < -0.39 is 9.85 Å². The van der Waals surface area contributed by atoms with Gasteiger partial charge in [-0.15, -0.1) is 0 Å². The van der Waals surface area contributed by atoms with E-state index in [1.54, 1.807) is 6.92 Å². The third-order valence-electron chi connectivity index (χ3n) is 2.82. The molecule has 1 aromatic rings. The van der Waals surface area contributed by atoms with Gasteiger partial charge in [0.15, 0.2) is 0 Å². The maximum Gasteiger partial charge on any atom is 0.301 e. The van der Waals surface area contributed by atoms with Gasteiger partial charge in [-0.2, -0.15) is 5.10 Å². The first kappa shape index (κ1) is 15.5. The highest BCUT2D eigenvalue weighted by Gasteiger charge is 2.20. The smallest absolute Gasteiger partial charge is 0.272 e. The first-order chi connectivity index (χ1) is 9.12. The second-order valence-electron chi connectivity index (χ2n) is 5.27. The molecule has 0 bridgehead atoms. The second-order valence-corrected chi connectivity index (χ2v) is 5.27. The Balaban J connectivity index is 3.13. The third kappa shape index (κ3) is 3.74. The summed E-state index contributed by atoms with van der Waals surface area (Å²) in [4.78, 5) is 20.2. The summed E-state index contributed by atoms with van der Waals surface area (Å²) in [6.45, 7) is 7.66. The Kier molecular flexibility index (Phi) is 4.38. The summed E-state index contributed by atoms with van der Waals surface area (Å²) in [6, 6.07) is 3.37. The molecule has 0 saturated heterocycles. The maximum absolute atomic E-state index is 10.9. The number of hydrogen-bond donors (Lipinski definition) is 1. The largest absolute Gasteiger partial charge is 0.301 e. The quantitative estimate of drug-likeness (QED) is 0.516. The Labute approximate surface area is 115 Å². The molecule has 0 unspecified atom stereocenters. The molecule has 0 fully saturated rings. The van der Waals surface area contributed by atoms with Gasteiger partial charge in [0.05, 0.1) is 15.9 Å². The summed E-state index contributed by atoms with van der Waals surface area (Å²) in [6.07, 6.45) is 0. The van der Waals surface area contributed by atoms with E-state index in [0.29, 0.717) is 0 Å². The molecule has 0 atom stereocenters. The fourth-order valence-corrected chi connectivity index (χ4v) is 1.19. The molecule has 0 aliphatic carbocycles. The number of nitro groups is 2. The number of nitro benzene ring substituents is 2. The average molecular weight is 280 g/mol. The van der Waals surface area contributed by atoms with E-state index in [-0.39, 0.29) is 22.5 Å². The minimum atomic E-state index is -0.683. The summed E-state index contributed by atoms with van der Waals surface area (Å²) in [5.74, 6) is 0. The first-order valence-electron chi connectivity index (χ1n) is 5.86. The molecule has 0 saturated carbocycles. The van der Waals surface area contributed by atoms with Gasteiger partial charge in [-0.05, 0) is 13.0 Å². The summed E-state index contributed by atoms with van der Waals surface area (Å²) >= 11 is 0. The average Bonchev–Trinajstić information content (AvgIpc) is 2.34. The van der Waals surface area contributed by atoms with Gasteiger partial charge in [0.2, 0.25) is 0 Å². The number of hydrogen-bond acceptors (Lipinski definition) is 6. The van der Waals surface area contributed by atoms with Gasteiger partial charge >= 0.3 is 5.69 Å². The molecule has 0 spiro atoms. The van der Waals surface area contributed by atoms with Crippen LogP contribution in [0.1, 0.15) is 27.7 Å². The van der Waals surface area contributed by atoms with E-state index in [9.17, 15) is 20.2 Å². The van der Waals surface area contributed by atoms with E-state index in [1.165, 1.54) is 12.1 Å². The minimum absolute atomic E-state index is 0.115. The van der Waals surface area contributed by atoms with E-state index in [1.807, 2.05) is 20.8 Å². The van der Waals surface area contributed by atoms with Crippen LogP contribution < -0.4 is 5.43 Å². The van der Waals surface area contributed by atoms with Crippen LogP contribution in [-0.4, -0.2) is 15.6 Å². The Morgan fingerprint density at radius 1 is 1.20 bits per heavy atom. The zero-order chi connectivity index (χ0) is 15.5. The van der Waals surface area contributed by atoms with Crippen molar-refractivity contribution in [2.45, 2.75) is 27.7 Å². The molecule has 0 aliphatic rings. The van der Waals surface area contributed by atoms with Crippen LogP contribution in [0, 0.1) is 25.6 Å². The van der Waals surface area contributed by atoms with Crippen molar-refractivity contribution in [2.75, 3.05) is 5.43 Å². The van der Waals surface area contributed by atoms with E-state index >= 15 is 0 Å². The number of non-ortho nitro benzene ring substituents is 1. The van der Waals surface area contributed by atoms with Crippen LogP contribution in [0.2, 0.25) is 0 Å². The van der Waals surface area contributed by atoms with Crippen molar-refractivity contribution >= 4 is 22.8 Å². The lowest BCUT2D eigenvalue weighted by Gasteiger charge is -2.17. The standard InChI is InChI=1S/C12H16N4O4/c1-8(12(2,3)4)13-14-10-6-5-9(15(17)18)7-11(10)16(19)20/h5-7,14H,1-4H3/b13-8+. The Bertz CT molecular complexity index is 575. The van der Waals surface area contributed by atoms with Gasteiger partial charge in [0.1, 0.15) is 5.69 Å². The SMILES string of the molecule is C/C(=N\Nc1ccc([N+](=O)[O-])cc1[N+](=O)[O-])C(C)(C)C. The van der Waals surface area contributed by atoms with E-state index in [2.05, 4.69) is 10.5 Å². The molecule has 108 valence electrons. The van der Waals surface area contributed by atoms with Crippen LogP contribution in [0.15, 0.2) is 23.3 Å². The second kappa shape index (κ2) is 5.64. The van der Waals surface area contributed by atoms with Gasteiger partial charge in [-0.3, -0.25) is 25.7 Å². The van der Waals surface area contributed by atoms with Crippen LogP contribution in [0.5, 0.6) is 0 Å². The fraction of sp³-hybridized carbons (Fsp3) is 0.417. The molecule has 1 N–H and O–H groups in total. The monoisotopic (exact) mass is 280 g/mol. The predicted molar refractivity (Wildman–Crippen MR) is 75.9 cm³/mol. The normalized spacial score (nSPS) is 12.1. The zero-order valence-electron chi connectivity index (χ0n) is 11.7. The third-order valence-corrected chi connectivity index (χ3v) is 2.82. The van der Waals surface area contributed by atoms with Crippen molar-refractivity contribution in [3.05, 3.63) is 38.4 Å². The highest BCUT2D eigenvalue weighted by molar-refractivity contribution is 5.87. The Morgan fingerprint density at radius 2 is 1.80 bits per heavy atom. The molecule has 20 heavy (non-hydrogen) atoms. The fourth-order valence-electron chi connectivity index (χ4n) is 1.19. The van der Waals surface area contributed by atoms with Crippen molar-refractivity contribution in [3.63, 3.8) is 0 Å². The molecular weight excluding hydrogens is 264 g/mol. The molecule has 0 amide bonds. The number of anilines is 1. The number of nitrogens with zero attached hydrogens (tertiary/aromatic N) is 3. The first-order valence-corrected chi connectivity index (χ1v) is 5.86. The van der Waals surface area contributed by atoms with Crippen LogP contribution in [0.25, 0.3) is 0 Å². The summed E-state index contributed by atoms with van der Waals surface area (Å²) in [5.41, 5.74) is 2.56. The predicted octanol–water partition coefficient (Wildman–Crippen LogP) is 3.34. The summed E-state index contributed by atoms with van der Waals surface area (Å²) < 4.78 is 0. The van der Waals surface area contributed by atoms with Crippen LogP contribution in [-0.2, 0) is 0 Å². The van der Waals surface area contributed by atoms with Gasteiger partial charge in [0.25, 0.3) is 5.69 Å². The van der Waals surface area contributed by atoms with Crippen molar-refractivity contribution < 1.29 is 9.85 Å². The number of rotatable bonds is 4. The molecule has 0 aliphatic heterocycles. The van der Waals surface area contributed by atoms with Crippen molar-refractivity contribution in [2.24, 2.45) is 10.5 Å². The van der Waals surface area contributed by atoms with Gasteiger partial charge < -0.3 is 0 Å². The summed E-state index contributed by atoms with van der Waals surface area (Å²) in [7, 11) is 0. The Hall–Kier alpha value is -2.51.